The standard InChI is InChI=1S/C21H26F3N7O2.2CH4.H2S/c1-10(2)17-19(32)29-16-11(3)27-20(30-18(16)31(17)4)28-13-5-12(6-13)9-33-15-8-25-14(7-26-15)21(22,23)24;;;/h7-8,10,12-13,17H,5-6,9H2,1-4H3,(H,29,32)(H,27,28,30);2*1H4;1H2/t12?,13?,17-;;;/m0.../s1. The van der Waals surface area contributed by atoms with Gasteiger partial charge >= 0.3 is 6.18 Å². The van der Waals surface area contributed by atoms with Gasteiger partial charge in [0.05, 0.1) is 24.7 Å². The first-order valence-corrected chi connectivity index (χ1v) is 10.7. The van der Waals surface area contributed by atoms with Gasteiger partial charge in [0, 0.05) is 13.1 Å². The molecule has 13 heteroatoms. The van der Waals surface area contributed by atoms with Crippen molar-refractivity contribution in [3.63, 3.8) is 0 Å². The Morgan fingerprint density at radius 1 is 1.19 bits per heavy atom. The lowest BCUT2D eigenvalue weighted by Crippen LogP contribution is -2.50. The molecule has 2 aromatic heterocycles. The van der Waals surface area contributed by atoms with Gasteiger partial charge in [-0.05, 0) is 31.6 Å². The number of ether oxygens (including phenoxy) is 1. The van der Waals surface area contributed by atoms with Gasteiger partial charge in [0.2, 0.25) is 17.7 Å². The Morgan fingerprint density at radius 2 is 1.86 bits per heavy atom. The molecule has 1 saturated carbocycles. The number of halogens is 3. The van der Waals surface area contributed by atoms with Crippen LogP contribution >= 0.6 is 13.5 Å². The van der Waals surface area contributed by atoms with Crippen molar-refractivity contribution in [2.75, 3.05) is 29.2 Å². The topological polar surface area (TPSA) is 105 Å². The third-order valence-electron chi connectivity index (χ3n) is 5.92. The van der Waals surface area contributed by atoms with Crippen LogP contribution in [0, 0.1) is 18.8 Å². The Labute approximate surface area is 217 Å². The SMILES string of the molecule is C.C.Cc1nc(NC2CC(COc3cnc(C(F)(F)F)cn3)C2)nc2c1NC(=O)[C@H](C(C)C)N2C.S. The van der Waals surface area contributed by atoms with Crippen molar-refractivity contribution in [3.8, 4) is 5.88 Å². The molecule has 0 aromatic carbocycles. The van der Waals surface area contributed by atoms with E-state index >= 15 is 0 Å². The fraction of sp³-hybridized carbons (Fsp3) is 0.609. The predicted octanol–water partition coefficient (Wildman–Crippen LogP) is 4.66. The first-order valence-electron chi connectivity index (χ1n) is 10.7. The second-order valence-electron chi connectivity index (χ2n) is 8.85. The van der Waals surface area contributed by atoms with Crippen LogP contribution in [-0.2, 0) is 11.0 Å². The van der Waals surface area contributed by atoms with Crippen LogP contribution in [-0.4, -0.2) is 51.6 Å². The normalized spacial score (nSPS) is 20.6. The molecule has 3 heterocycles. The minimum atomic E-state index is -4.52. The highest BCUT2D eigenvalue weighted by Crippen LogP contribution is 2.36. The predicted molar refractivity (Wildman–Crippen MR) is 139 cm³/mol. The highest BCUT2D eigenvalue weighted by Gasteiger charge is 2.36. The maximum atomic E-state index is 12.5. The molecule has 0 bridgehead atoms. The van der Waals surface area contributed by atoms with Gasteiger partial charge < -0.3 is 20.3 Å². The summed E-state index contributed by atoms with van der Waals surface area (Å²) in [5.74, 6) is 1.54. The molecule has 0 radical (unpaired) electrons. The van der Waals surface area contributed by atoms with Gasteiger partial charge in [-0.3, -0.25) is 4.79 Å². The van der Waals surface area contributed by atoms with Crippen LogP contribution in [0.4, 0.5) is 30.6 Å². The molecule has 2 N–H and O–H groups in total. The van der Waals surface area contributed by atoms with Gasteiger partial charge in [-0.25, -0.2) is 15.0 Å². The number of hydrogen-bond acceptors (Lipinski definition) is 8. The quantitative estimate of drug-likeness (QED) is 0.555. The van der Waals surface area contributed by atoms with Crippen LogP contribution < -0.4 is 20.3 Å². The van der Waals surface area contributed by atoms with Crippen LogP contribution in [0.2, 0.25) is 0 Å². The first-order chi connectivity index (χ1) is 15.5. The summed E-state index contributed by atoms with van der Waals surface area (Å²) >= 11 is 0. The minimum Gasteiger partial charge on any atom is -0.476 e. The van der Waals surface area contributed by atoms with Gasteiger partial charge in [0.15, 0.2) is 11.5 Å². The molecule has 36 heavy (non-hydrogen) atoms. The second kappa shape index (κ2) is 11.9. The molecule has 2 aliphatic rings. The number of anilines is 3. The molecule has 1 fully saturated rings. The van der Waals surface area contributed by atoms with E-state index in [2.05, 4.69) is 30.6 Å². The van der Waals surface area contributed by atoms with E-state index < -0.39 is 11.9 Å². The summed E-state index contributed by atoms with van der Waals surface area (Å²) < 4.78 is 43.1. The number of aryl methyl sites for hydroxylation is 1. The van der Waals surface area contributed by atoms with E-state index in [4.69, 9.17) is 4.74 Å². The van der Waals surface area contributed by atoms with E-state index in [1.807, 2.05) is 32.7 Å². The van der Waals surface area contributed by atoms with Gasteiger partial charge in [-0.1, -0.05) is 28.7 Å². The Kier molecular flexibility index (Phi) is 10.3. The minimum absolute atomic E-state index is 0. The zero-order valence-electron chi connectivity index (χ0n) is 19.3. The Morgan fingerprint density at radius 3 is 2.42 bits per heavy atom. The molecule has 0 saturated heterocycles. The van der Waals surface area contributed by atoms with E-state index in [0.29, 0.717) is 36.0 Å². The third kappa shape index (κ3) is 6.48. The molecule has 4 rings (SSSR count). The number of alkyl halides is 3. The molecule has 202 valence electrons. The zero-order valence-corrected chi connectivity index (χ0v) is 20.3. The third-order valence-corrected chi connectivity index (χ3v) is 5.92. The Hall–Kier alpha value is -2.83. The molecule has 1 amide bonds. The van der Waals surface area contributed by atoms with Crippen molar-refractivity contribution in [3.05, 3.63) is 23.8 Å². The fourth-order valence-electron chi connectivity index (χ4n) is 4.19. The smallest absolute Gasteiger partial charge is 0.434 e. The molecular formula is C23H36F3N7O2S. The lowest BCUT2D eigenvalue weighted by Gasteiger charge is -2.38. The number of amides is 1. The van der Waals surface area contributed by atoms with Crippen molar-refractivity contribution >= 4 is 36.9 Å². The molecule has 1 atom stereocenters. The molecule has 9 nitrogen and oxygen atoms in total. The van der Waals surface area contributed by atoms with Crippen molar-refractivity contribution < 1.29 is 22.7 Å². The van der Waals surface area contributed by atoms with Gasteiger partial charge in [-0.2, -0.15) is 31.7 Å². The summed E-state index contributed by atoms with van der Waals surface area (Å²) in [5, 5.41) is 6.25. The molecular weight excluding hydrogens is 495 g/mol. The van der Waals surface area contributed by atoms with Crippen molar-refractivity contribution in [1.82, 2.24) is 19.9 Å². The van der Waals surface area contributed by atoms with Crippen molar-refractivity contribution in [2.45, 2.75) is 66.7 Å². The second-order valence-corrected chi connectivity index (χ2v) is 8.85. The van der Waals surface area contributed by atoms with Crippen LogP contribution in [0.15, 0.2) is 12.4 Å². The van der Waals surface area contributed by atoms with E-state index in [-0.39, 0.29) is 64.1 Å². The number of rotatable bonds is 6. The number of hydrogen-bond donors (Lipinski definition) is 2. The van der Waals surface area contributed by atoms with E-state index in [0.717, 1.165) is 19.0 Å². The van der Waals surface area contributed by atoms with Crippen LogP contribution in [0.5, 0.6) is 5.88 Å². The largest absolute Gasteiger partial charge is 0.476 e. The van der Waals surface area contributed by atoms with E-state index in [1.165, 1.54) is 0 Å². The van der Waals surface area contributed by atoms with Crippen molar-refractivity contribution in [1.29, 1.82) is 0 Å². The maximum absolute atomic E-state index is 12.5. The first kappa shape index (κ1) is 31.2. The van der Waals surface area contributed by atoms with Crippen LogP contribution in [0.1, 0.15) is 52.9 Å². The van der Waals surface area contributed by atoms with Gasteiger partial charge in [0.25, 0.3) is 0 Å². The Bertz CT molecular complexity index is 1030. The summed E-state index contributed by atoms with van der Waals surface area (Å²) in [6.45, 7) is 6.16. The summed E-state index contributed by atoms with van der Waals surface area (Å²) in [4.78, 5) is 30.5. The van der Waals surface area contributed by atoms with Crippen LogP contribution in [0.3, 0.4) is 0 Å². The Balaban J connectivity index is 0.00000216. The monoisotopic (exact) mass is 531 g/mol. The maximum Gasteiger partial charge on any atom is 0.434 e. The lowest BCUT2D eigenvalue weighted by molar-refractivity contribution is -0.141. The average Bonchev–Trinajstić information content (AvgIpc) is 2.70. The number of nitrogens with zero attached hydrogens (tertiary/aromatic N) is 5. The van der Waals surface area contributed by atoms with Crippen LogP contribution in [0.25, 0.3) is 0 Å². The fourth-order valence-corrected chi connectivity index (χ4v) is 4.19. The summed E-state index contributed by atoms with van der Waals surface area (Å²) in [6.07, 6.45) is -1.27. The lowest BCUT2D eigenvalue weighted by atomic mass is 9.81. The molecule has 2 aromatic rings. The average molecular weight is 532 g/mol. The van der Waals surface area contributed by atoms with E-state index in [9.17, 15) is 18.0 Å². The number of likely N-dealkylation sites (N-methyl/N-ethyl adjacent to an activating group) is 1. The highest BCUT2D eigenvalue weighted by atomic mass is 32.1. The number of fused-ring (bicyclic) bond motifs is 1. The zero-order chi connectivity index (χ0) is 23.9. The highest BCUT2D eigenvalue weighted by molar-refractivity contribution is 7.59. The number of nitrogens with one attached hydrogen (secondary N) is 2. The number of carbonyl (C=O) groups excluding carboxylic acids is 1. The van der Waals surface area contributed by atoms with E-state index in [1.54, 1.807) is 0 Å². The molecule has 1 aliphatic carbocycles. The number of aromatic nitrogens is 4. The summed E-state index contributed by atoms with van der Waals surface area (Å²) in [7, 11) is 1.86. The molecule has 0 spiro atoms. The molecule has 0 unspecified atom stereocenters. The van der Waals surface area contributed by atoms with Crippen molar-refractivity contribution in [2.24, 2.45) is 11.8 Å². The number of carbonyl (C=O) groups is 1. The van der Waals surface area contributed by atoms with Gasteiger partial charge in [0.1, 0.15) is 11.7 Å². The summed E-state index contributed by atoms with van der Waals surface area (Å²) in [5.41, 5.74) is 0.264. The summed E-state index contributed by atoms with van der Waals surface area (Å²) in [6, 6.07) is -0.155. The van der Waals surface area contributed by atoms with Gasteiger partial charge in [-0.15, -0.1) is 0 Å². The molecule has 1 aliphatic heterocycles.